The van der Waals surface area contributed by atoms with E-state index in [1.807, 2.05) is 70.2 Å². The van der Waals surface area contributed by atoms with Crippen molar-refractivity contribution in [3.63, 3.8) is 0 Å². The molecule has 0 spiro atoms. The third kappa shape index (κ3) is 7.43. The molecular weight excluding hydrogens is 560 g/mol. The maximum atomic E-state index is 10.9. The summed E-state index contributed by atoms with van der Waals surface area (Å²) < 4.78 is 23.4. The molecule has 0 amide bonds. The van der Waals surface area contributed by atoms with Gasteiger partial charge in [0.15, 0.2) is 6.61 Å². The Bertz CT molecular complexity index is 1640. The Morgan fingerprint density at radius 3 is 1.77 bits per heavy atom. The van der Waals surface area contributed by atoms with Crippen LogP contribution in [0.2, 0.25) is 0 Å². The number of carboxylic acids is 1. The molecule has 2 aromatic heterocycles. The fourth-order valence-electron chi connectivity index (χ4n) is 4.79. The minimum atomic E-state index is -1.00. The van der Waals surface area contributed by atoms with Crippen LogP contribution in [0.15, 0.2) is 110 Å². The van der Waals surface area contributed by atoms with Crippen LogP contribution in [0.1, 0.15) is 35.1 Å². The van der Waals surface area contributed by atoms with Gasteiger partial charge in [0.2, 0.25) is 0 Å². The molecule has 0 atom stereocenters. The molecule has 1 N–H and O–H groups in total. The lowest BCUT2D eigenvalue weighted by molar-refractivity contribution is -0.139. The molecular formula is C36H34O6S. The van der Waals surface area contributed by atoms with E-state index >= 15 is 0 Å². The van der Waals surface area contributed by atoms with Gasteiger partial charge in [-0.05, 0) is 86.8 Å². The molecule has 0 aliphatic rings. The number of hydrogen-bond acceptors (Lipinski definition) is 6. The van der Waals surface area contributed by atoms with Gasteiger partial charge < -0.3 is 23.4 Å². The fourth-order valence-corrected chi connectivity index (χ4v) is 5.74. The van der Waals surface area contributed by atoms with Gasteiger partial charge in [-0.1, -0.05) is 48.5 Å². The summed E-state index contributed by atoms with van der Waals surface area (Å²) in [5.74, 6) is 4.43. The summed E-state index contributed by atoms with van der Waals surface area (Å²) in [6.45, 7) is 7.94. The number of thioether (sulfide) groups is 1. The van der Waals surface area contributed by atoms with Crippen LogP contribution in [0.3, 0.4) is 0 Å². The van der Waals surface area contributed by atoms with E-state index in [-0.39, 0.29) is 6.61 Å². The van der Waals surface area contributed by atoms with Crippen molar-refractivity contribution in [2.75, 3.05) is 19.0 Å². The lowest BCUT2D eigenvalue weighted by atomic mass is 9.94. The first kappa shape index (κ1) is 29.9. The van der Waals surface area contributed by atoms with E-state index in [0.717, 1.165) is 67.1 Å². The number of ether oxygens (including phenoxy) is 2. The van der Waals surface area contributed by atoms with E-state index in [4.69, 9.17) is 23.4 Å². The van der Waals surface area contributed by atoms with E-state index < -0.39 is 5.97 Å². The quantitative estimate of drug-likeness (QED) is 0.114. The topological polar surface area (TPSA) is 82.0 Å². The van der Waals surface area contributed by atoms with Crippen molar-refractivity contribution in [3.8, 4) is 28.4 Å². The number of aryl methyl sites for hydroxylation is 3. The van der Waals surface area contributed by atoms with E-state index in [2.05, 4.69) is 48.5 Å². The first-order valence-electron chi connectivity index (χ1n) is 14.1. The zero-order valence-corrected chi connectivity index (χ0v) is 25.5. The van der Waals surface area contributed by atoms with E-state index in [1.165, 1.54) is 0 Å². The fraction of sp³-hybridized carbons (Fsp3) is 0.194. The SMILES string of the molecule is CCOC(CSc1ccc(OCC(=O)O)c(C)c1)=C(c1ccc(-c2ccc(C)o2)cc1)c1ccc(-c2ccc(C)o2)cc1. The molecule has 0 saturated carbocycles. The van der Waals surface area contributed by atoms with E-state index in [9.17, 15) is 4.79 Å². The Balaban J connectivity index is 1.49. The maximum absolute atomic E-state index is 10.9. The molecule has 5 aromatic rings. The van der Waals surface area contributed by atoms with Crippen LogP contribution in [-0.2, 0) is 9.53 Å². The normalized spacial score (nSPS) is 10.9. The van der Waals surface area contributed by atoms with Gasteiger partial charge >= 0.3 is 5.97 Å². The largest absolute Gasteiger partial charge is 0.497 e. The van der Waals surface area contributed by atoms with Crippen molar-refractivity contribution >= 4 is 23.3 Å². The standard InChI is InChI=1S/C36H34O6S/c1-5-39-34(22-43-30-16-19-31(23(2)20-30)40-21-35(37)38)36(28-12-8-26(9-13-28)32-17-6-24(3)41-32)29-14-10-27(11-15-29)33-18-7-25(4)42-33/h6-20H,5,21-22H2,1-4H3,(H,37,38). The highest BCUT2D eigenvalue weighted by molar-refractivity contribution is 7.99. The minimum Gasteiger partial charge on any atom is -0.497 e. The van der Waals surface area contributed by atoms with Crippen LogP contribution in [0.5, 0.6) is 5.75 Å². The summed E-state index contributed by atoms with van der Waals surface area (Å²) in [6.07, 6.45) is 0. The molecule has 220 valence electrons. The van der Waals surface area contributed by atoms with Crippen LogP contribution in [0.25, 0.3) is 28.2 Å². The van der Waals surface area contributed by atoms with Crippen LogP contribution >= 0.6 is 11.8 Å². The predicted octanol–water partition coefficient (Wildman–Crippen LogP) is 9.18. The average Bonchev–Trinajstić information content (AvgIpc) is 3.64. The highest BCUT2D eigenvalue weighted by Crippen LogP contribution is 2.35. The zero-order chi connectivity index (χ0) is 30.3. The molecule has 0 saturated heterocycles. The minimum absolute atomic E-state index is 0.370. The van der Waals surface area contributed by atoms with Gasteiger partial charge in [0.1, 0.15) is 34.5 Å². The smallest absolute Gasteiger partial charge is 0.341 e. The lowest BCUT2D eigenvalue weighted by Gasteiger charge is -2.18. The van der Waals surface area contributed by atoms with Gasteiger partial charge in [0, 0.05) is 21.6 Å². The molecule has 43 heavy (non-hydrogen) atoms. The Labute approximate surface area is 256 Å². The van der Waals surface area contributed by atoms with E-state index in [1.54, 1.807) is 11.8 Å². The van der Waals surface area contributed by atoms with Crippen molar-refractivity contribution < 1.29 is 28.2 Å². The maximum Gasteiger partial charge on any atom is 0.341 e. The molecule has 5 rings (SSSR count). The molecule has 3 aromatic carbocycles. The Morgan fingerprint density at radius 1 is 0.767 bits per heavy atom. The molecule has 0 unspecified atom stereocenters. The highest BCUT2D eigenvalue weighted by Gasteiger charge is 2.16. The summed E-state index contributed by atoms with van der Waals surface area (Å²) >= 11 is 1.65. The zero-order valence-electron chi connectivity index (χ0n) is 24.7. The van der Waals surface area contributed by atoms with Crippen LogP contribution < -0.4 is 4.74 Å². The first-order valence-corrected chi connectivity index (χ1v) is 15.1. The van der Waals surface area contributed by atoms with Gasteiger partial charge in [-0.15, -0.1) is 11.8 Å². The number of benzene rings is 3. The van der Waals surface area contributed by atoms with Crippen molar-refractivity contribution in [1.82, 2.24) is 0 Å². The molecule has 0 aliphatic carbocycles. The van der Waals surface area contributed by atoms with Crippen LogP contribution in [0.4, 0.5) is 0 Å². The molecule has 6 nitrogen and oxygen atoms in total. The molecule has 0 bridgehead atoms. The number of aliphatic carboxylic acids is 1. The molecule has 7 heteroatoms. The van der Waals surface area contributed by atoms with Gasteiger partial charge in [-0.25, -0.2) is 4.79 Å². The summed E-state index contributed by atoms with van der Waals surface area (Å²) in [7, 11) is 0. The summed E-state index contributed by atoms with van der Waals surface area (Å²) in [5.41, 5.74) is 5.97. The van der Waals surface area contributed by atoms with Crippen molar-refractivity contribution in [3.05, 3.63) is 125 Å². The number of furan rings is 2. The summed E-state index contributed by atoms with van der Waals surface area (Å²) in [4.78, 5) is 11.9. The molecule has 0 radical (unpaired) electrons. The monoisotopic (exact) mass is 594 g/mol. The number of carboxylic acid groups (broad SMARTS) is 1. The third-order valence-corrected chi connectivity index (χ3v) is 7.86. The number of carbonyl (C=O) groups is 1. The van der Waals surface area contributed by atoms with Crippen LogP contribution in [-0.4, -0.2) is 30.0 Å². The second-order valence-corrected chi connectivity index (χ2v) is 11.2. The van der Waals surface area contributed by atoms with Gasteiger partial charge in [-0.2, -0.15) is 0 Å². The van der Waals surface area contributed by atoms with Gasteiger partial charge in [0.05, 0.1) is 12.4 Å². The third-order valence-electron chi connectivity index (χ3n) is 6.86. The van der Waals surface area contributed by atoms with E-state index in [0.29, 0.717) is 18.1 Å². The summed E-state index contributed by atoms with van der Waals surface area (Å²) in [6, 6.07) is 30.4. The van der Waals surface area contributed by atoms with Gasteiger partial charge in [0.25, 0.3) is 0 Å². The Kier molecular flexibility index (Phi) is 9.42. The first-order chi connectivity index (χ1) is 20.8. The van der Waals surface area contributed by atoms with Crippen molar-refractivity contribution in [1.29, 1.82) is 0 Å². The second kappa shape index (κ2) is 13.6. The molecule has 2 heterocycles. The van der Waals surface area contributed by atoms with Crippen molar-refractivity contribution in [2.24, 2.45) is 0 Å². The summed E-state index contributed by atoms with van der Waals surface area (Å²) in [5, 5.41) is 8.95. The van der Waals surface area contributed by atoms with Crippen molar-refractivity contribution in [2.45, 2.75) is 32.6 Å². The lowest BCUT2D eigenvalue weighted by Crippen LogP contribution is -2.10. The molecule has 0 fully saturated rings. The second-order valence-electron chi connectivity index (χ2n) is 10.1. The number of hydrogen-bond donors (Lipinski definition) is 1. The number of rotatable bonds is 12. The highest BCUT2D eigenvalue weighted by atomic mass is 32.2. The van der Waals surface area contributed by atoms with Crippen LogP contribution in [0, 0.1) is 20.8 Å². The molecule has 0 aliphatic heterocycles. The Morgan fingerprint density at radius 2 is 1.33 bits per heavy atom. The predicted molar refractivity (Wildman–Crippen MR) is 170 cm³/mol. The average molecular weight is 595 g/mol. The Hall–Kier alpha value is -4.62. The van der Waals surface area contributed by atoms with Gasteiger partial charge in [-0.3, -0.25) is 0 Å².